The zero-order valence-electron chi connectivity index (χ0n) is 18.8. The minimum absolute atomic E-state index is 0. The number of aliphatic imine (C=N–C) groups is 1. The first kappa shape index (κ1) is 25.2. The maximum absolute atomic E-state index is 5.81. The van der Waals surface area contributed by atoms with Gasteiger partial charge in [-0.2, -0.15) is 0 Å². The van der Waals surface area contributed by atoms with E-state index >= 15 is 0 Å². The van der Waals surface area contributed by atoms with E-state index in [4.69, 9.17) is 14.5 Å². The van der Waals surface area contributed by atoms with E-state index in [9.17, 15) is 0 Å². The first-order valence-corrected chi connectivity index (χ1v) is 11.3. The molecule has 0 bridgehead atoms. The van der Waals surface area contributed by atoms with Crippen molar-refractivity contribution in [2.75, 3.05) is 53.0 Å². The van der Waals surface area contributed by atoms with E-state index in [0.29, 0.717) is 12.1 Å². The molecule has 30 heavy (non-hydrogen) atoms. The Kier molecular flexibility index (Phi) is 11.2. The molecule has 1 aromatic carbocycles. The molecule has 3 rings (SSSR count). The van der Waals surface area contributed by atoms with Crippen molar-refractivity contribution in [1.82, 2.24) is 15.1 Å². The summed E-state index contributed by atoms with van der Waals surface area (Å²) in [5.41, 5.74) is 1.29. The van der Waals surface area contributed by atoms with Gasteiger partial charge in [-0.05, 0) is 70.3 Å². The molecule has 2 saturated heterocycles. The van der Waals surface area contributed by atoms with Crippen LogP contribution in [0.5, 0.6) is 5.75 Å². The molecule has 7 heteroatoms. The molecule has 2 aliphatic rings. The third-order valence-corrected chi connectivity index (χ3v) is 5.95. The highest BCUT2D eigenvalue weighted by molar-refractivity contribution is 14.0. The normalized spacial score (nSPS) is 19.4. The Balaban J connectivity index is 0.00000320. The summed E-state index contributed by atoms with van der Waals surface area (Å²) in [5.74, 6) is 1.95. The van der Waals surface area contributed by atoms with Crippen LogP contribution in [0.4, 0.5) is 0 Å². The predicted octanol–water partition coefficient (Wildman–Crippen LogP) is 3.92. The SMILES string of the molecule is CCNC(=NCC(c1cccc(OC)c1)N1CCCC1)N1CCC(OCC)CC1.I. The highest BCUT2D eigenvalue weighted by atomic mass is 127. The lowest BCUT2D eigenvalue weighted by molar-refractivity contribution is 0.0263. The molecule has 0 spiro atoms. The molecule has 1 N–H and O–H groups in total. The molecule has 1 unspecified atom stereocenters. The maximum Gasteiger partial charge on any atom is 0.193 e. The molecular formula is C23H39IN4O2. The van der Waals surface area contributed by atoms with Gasteiger partial charge < -0.3 is 19.7 Å². The summed E-state index contributed by atoms with van der Waals surface area (Å²) < 4.78 is 11.3. The zero-order chi connectivity index (χ0) is 20.5. The first-order valence-electron chi connectivity index (χ1n) is 11.3. The van der Waals surface area contributed by atoms with Crippen molar-refractivity contribution in [1.29, 1.82) is 0 Å². The molecule has 2 heterocycles. The monoisotopic (exact) mass is 530 g/mol. The molecule has 6 nitrogen and oxygen atoms in total. The molecule has 1 aromatic rings. The molecule has 170 valence electrons. The third-order valence-electron chi connectivity index (χ3n) is 5.95. The summed E-state index contributed by atoms with van der Waals surface area (Å²) in [4.78, 5) is 10.1. The Bertz CT molecular complexity index is 644. The number of methoxy groups -OCH3 is 1. The van der Waals surface area contributed by atoms with Crippen LogP contribution in [0.2, 0.25) is 0 Å². The van der Waals surface area contributed by atoms with Crippen molar-refractivity contribution in [2.45, 2.75) is 51.7 Å². The van der Waals surface area contributed by atoms with E-state index in [1.54, 1.807) is 7.11 Å². The van der Waals surface area contributed by atoms with Gasteiger partial charge in [0.2, 0.25) is 0 Å². The van der Waals surface area contributed by atoms with Crippen LogP contribution in [0.25, 0.3) is 0 Å². The highest BCUT2D eigenvalue weighted by Gasteiger charge is 2.25. The van der Waals surface area contributed by atoms with Gasteiger partial charge in [-0.15, -0.1) is 24.0 Å². The topological polar surface area (TPSA) is 49.3 Å². The quantitative estimate of drug-likeness (QED) is 0.314. The van der Waals surface area contributed by atoms with Crippen LogP contribution in [0, 0.1) is 0 Å². The number of nitrogens with one attached hydrogen (secondary N) is 1. The second-order valence-corrected chi connectivity index (χ2v) is 7.87. The lowest BCUT2D eigenvalue weighted by Crippen LogP contribution is -2.47. The summed E-state index contributed by atoms with van der Waals surface area (Å²) >= 11 is 0. The summed E-state index contributed by atoms with van der Waals surface area (Å²) in [7, 11) is 1.73. The molecular weight excluding hydrogens is 491 g/mol. The van der Waals surface area contributed by atoms with E-state index in [1.807, 2.05) is 6.07 Å². The minimum atomic E-state index is 0. The van der Waals surface area contributed by atoms with Gasteiger partial charge in [-0.3, -0.25) is 9.89 Å². The number of benzene rings is 1. The van der Waals surface area contributed by atoms with Crippen molar-refractivity contribution in [3.8, 4) is 5.75 Å². The molecule has 0 aliphatic carbocycles. The summed E-state index contributed by atoms with van der Waals surface area (Å²) in [5, 5.41) is 3.51. The maximum atomic E-state index is 5.81. The van der Waals surface area contributed by atoms with E-state index in [0.717, 1.165) is 70.4 Å². The number of likely N-dealkylation sites (tertiary alicyclic amines) is 2. The largest absolute Gasteiger partial charge is 0.497 e. The molecule has 2 fully saturated rings. The number of rotatable bonds is 8. The predicted molar refractivity (Wildman–Crippen MR) is 134 cm³/mol. The molecule has 0 radical (unpaired) electrons. The lowest BCUT2D eigenvalue weighted by Gasteiger charge is -2.34. The Morgan fingerprint density at radius 3 is 2.53 bits per heavy atom. The second kappa shape index (κ2) is 13.4. The Labute approximate surface area is 199 Å². The van der Waals surface area contributed by atoms with Gasteiger partial charge in [0.1, 0.15) is 5.75 Å². The number of hydrogen-bond acceptors (Lipinski definition) is 4. The number of ether oxygens (including phenoxy) is 2. The minimum Gasteiger partial charge on any atom is -0.497 e. The highest BCUT2D eigenvalue weighted by Crippen LogP contribution is 2.28. The average Bonchev–Trinajstić information content (AvgIpc) is 3.29. The van der Waals surface area contributed by atoms with Crippen molar-refractivity contribution < 1.29 is 9.47 Å². The smallest absolute Gasteiger partial charge is 0.193 e. The van der Waals surface area contributed by atoms with Crippen LogP contribution in [0.1, 0.15) is 51.1 Å². The second-order valence-electron chi connectivity index (χ2n) is 7.87. The van der Waals surface area contributed by atoms with Crippen LogP contribution in [0.3, 0.4) is 0 Å². The Morgan fingerprint density at radius 1 is 1.17 bits per heavy atom. The molecule has 2 aliphatic heterocycles. The Morgan fingerprint density at radius 2 is 1.90 bits per heavy atom. The van der Waals surface area contributed by atoms with E-state index < -0.39 is 0 Å². The Hall–Kier alpha value is -1.06. The van der Waals surface area contributed by atoms with Crippen LogP contribution in [-0.4, -0.2) is 74.8 Å². The van der Waals surface area contributed by atoms with Crippen molar-refractivity contribution in [3.05, 3.63) is 29.8 Å². The molecule has 0 aromatic heterocycles. The fourth-order valence-corrected chi connectivity index (χ4v) is 4.40. The van der Waals surface area contributed by atoms with Gasteiger partial charge in [0, 0.05) is 26.2 Å². The van der Waals surface area contributed by atoms with Gasteiger partial charge >= 0.3 is 0 Å². The van der Waals surface area contributed by atoms with Crippen molar-refractivity contribution in [2.24, 2.45) is 4.99 Å². The third kappa shape index (κ3) is 6.99. The first-order chi connectivity index (χ1) is 14.2. The van der Waals surface area contributed by atoms with Crippen LogP contribution >= 0.6 is 24.0 Å². The summed E-state index contributed by atoms with van der Waals surface area (Å²) in [6.45, 7) is 11.0. The average molecular weight is 530 g/mol. The molecule has 1 atom stereocenters. The lowest BCUT2D eigenvalue weighted by atomic mass is 10.1. The fourth-order valence-electron chi connectivity index (χ4n) is 4.40. The molecule has 0 saturated carbocycles. The van der Waals surface area contributed by atoms with Crippen molar-refractivity contribution in [3.63, 3.8) is 0 Å². The standard InChI is InChI=1S/C23H38N4O2.HI/c1-4-24-23(27-15-11-20(12-16-27)29-5-2)25-18-22(26-13-6-7-14-26)19-9-8-10-21(17-19)28-3;/h8-10,17,20,22H,4-7,11-16,18H2,1-3H3,(H,24,25);1H. The number of hydrogen-bond donors (Lipinski definition) is 1. The van der Waals surface area contributed by atoms with Gasteiger partial charge in [0.25, 0.3) is 0 Å². The van der Waals surface area contributed by atoms with E-state index in [1.165, 1.54) is 18.4 Å². The molecule has 0 amide bonds. The number of piperidine rings is 1. The van der Waals surface area contributed by atoms with E-state index in [2.05, 4.69) is 47.2 Å². The van der Waals surface area contributed by atoms with Crippen LogP contribution in [0.15, 0.2) is 29.3 Å². The van der Waals surface area contributed by atoms with Gasteiger partial charge in [-0.25, -0.2) is 0 Å². The van der Waals surface area contributed by atoms with Crippen molar-refractivity contribution >= 4 is 29.9 Å². The zero-order valence-corrected chi connectivity index (χ0v) is 21.1. The van der Waals surface area contributed by atoms with Gasteiger partial charge in [0.15, 0.2) is 5.96 Å². The summed E-state index contributed by atoms with van der Waals surface area (Å²) in [6.07, 6.45) is 5.09. The van der Waals surface area contributed by atoms with E-state index in [-0.39, 0.29) is 24.0 Å². The number of guanidine groups is 1. The van der Waals surface area contributed by atoms with Crippen LogP contribution in [-0.2, 0) is 4.74 Å². The number of halogens is 1. The van der Waals surface area contributed by atoms with Crippen LogP contribution < -0.4 is 10.1 Å². The van der Waals surface area contributed by atoms with Gasteiger partial charge in [-0.1, -0.05) is 12.1 Å². The number of nitrogens with zero attached hydrogens (tertiary/aromatic N) is 3. The summed E-state index contributed by atoms with van der Waals surface area (Å²) in [6, 6.07) is 8.77. The van der Waals surface area contributed by atoms with Gasteiger partial charge in [0.05, 0.1) is 25.8 Å². The fraction of sp³-hybridized carbons (Fsp3) is 0.696.